The van der Waals surface area contributed by atoms with Crippen LogP contribution in [0, 0.1) is 18.6 Å². The van der Waals surface area contributed by atoms with E-state index in [4.69, 9.17) is 0 Å². The standard InChI is InChI=1S/C33H35F2N7O3/c1-7-26(44)40-13-14-41(20(5)17-40)31-23-15-25(35)29(27-22(16-37-21(6)43)9-8-10-24(27)34)38-32(23)42(33(45)39-31)30-19(4)11-12-36-28(30)18(2)3/h7-12,15,18,20H,1,13-14,16-17H2,2-6H3,(H,37,43). The average Bonchev–Trinajstić information content (AvgIpc) is 2.99. The molecule has 0 bridgehead atoms. The lowest BCUT2D eigenvalue weighted by Crippen LogP contribution is -2.54. The predicted octanol–water partition coefficient (Wildman–Crippen LogP) is 4.41. The summed E-state index contributed by atoms with van der Waals surface area (Å²) in [6.07, 6.45) is 2.91. The van der Waals surface area contributed by atoms with Gasteiger partial charge in [-0.05, 0) is 55.2 Å². The zero-order valence-electron chi connectivity index (χ0n) is 25.9. The van der Waals surface area contributed by atoms with E-state index >= 15 is 8.78 Å². The fourth-order valence-corrected chi connectivity index (χ4v) is 5.79. The number of anilines is 1. The van der Waals surface area contributed by atoms with E-state index in [-0.39, 0.29) is 58.4 Å². The summed E-state index contributed by atoms with van der Waals surface area (Å²) in [6.45, 7) is 13.5. The molecular formula is C33H35F2N7O3. The van der Waals surface area contributed by atoms with E-state index in [2.05, 4.69) is 26.8 Å². The molecule has 4 heterocycles. The number of rotatable bonds is 7. The van der Waals surface area contributed by atoms with Gasteiger partial charge in [-0.1, -0.05) is 32.6 Å². The number of benzene rings is 1. The molecule has 1 aliphatic rings. The number of nitrogens with one attached hydrogen (secondary N) is 1. The first kappa shape index (κ1) is 31.4. The van der Waals surface area contributed by atoms with Crippen LogP contribution in [0.15, 0.2) is 54.0 Å². The number of nitrogens with zero attached hydrogens (tertiary/aromatic N) is 6. The maximum Gasteiger partial charge on any atom is 0.355 e. The molecule has 5 rings (SSSR count). The molecule has 1 atom stereocenters. The molecule has 2 amide bonds. The lowest BCUT2D eigenvalue weighted by molar-refractivity contribution is -0.126. The van der Waals surface area contributed by atoms with Gasteiger partial charge in [0.15, 0.2) is 5.65 Å². The summed E-state index contributed by atoms with van der Waals surface area (Å²) in [5, 5.41) is 2.87. The van der Waals surface area contributed by atoms with Crippen LogP contribution in [0.2, 0.25) is 0 Å². The van der Waals surface area contributed by atoms with Crippen molar-refractivity contribution in [1.82, 2.24) is 29.7 Å². The number of pyridine rings is 2. The Kier molecular flexibility index (Phi) is 8.76. The van der Waals surface area contributed by atoms with Gasteiger partial charge in [-0.25, -0.2) is 23.1 Å². The maximum absolute atomic E-state index is 16.2. The zero-order chi connectivity index (χ0) is 32.6. The molecule has 4 aromatic rings. The van der Waals surface area contributed by atoms with Crippen molar-refractivity contribution in [2.45, 2.75) is 53.1 Å². The molecule has 3 aromatic heterocycles. The Hall–Kier alpha value is -5.00. The zero-order valence-corrected chi connectivity index (χ0v) is 25.9. The molecule has 10 nitrogen and oxygen atoms in total. The van der Waals surface area contributed by atoms with Gasteiger partial charge in [0.2, 0.25) is 11.8 Å². The Balaban J connectivity index is 1.82. The number of amides is 2. The van der Waals surface area contributed by atoms with Crippen molar-refractivity contribution in [2.24, 2.45) is 0 Å². The molecule has 0 spiro atoms. The molecule has 1 saturated heterocycles. The van der Waals surface area contributed by atoms with Gasteiger partial charge < -0.3 is 15.1 Å². The average molecular weight is 616 g/mol. The highest BCUT2D eigenvalue weighted by molar-refractivity contribution is 5.91. The Bertz CT molecular complexity index is 1890. The van der Waals surface area contributed by atoms with Crippen LogP contribution < -0.4 is 15.9 Å². The smallest absolute Gasteiger partial charge is 0.352 e. The van der Waals surface area contributed by atoms with Crippen LogP contribution in [-0.4, -0.2) is 61.9 Å². The highest BCUT2D eigenvalue weighted by Gasteiger charge is 2.31. The summed E-state index contributed by atoms with van der Waals surface area (Å²) < 4.78 is 33.0. The molecule has 0 radical (unpaired) electrons. The number of hydrogen-bond acceptors (Lipinski definition) is 7. The third-order valence-corrected chi connectivity index (χ3v) is 7.98. The second-order valence-corrected chi connectivity index (χ2v) is 11.5. The lowest BCUT2D eigenvalue weighted by atomic mass is 10.0. The van der Waals surface area contributed by atoms with Crippen molar-refractivity contribution in [3.8, 4) is 16.9 Å². The Morgan fingerprint density at radius 1 is 1.16 bits per heavy atom. The van der Waals surface area contributed by atoms with E-state index in [0.717, 1.165) is 5.56 Å². The lowest BCUT2D eigenvalue weighted by Gasteiger charge is -2.40. The van der Waals surface area contributed by atoms with Gasteiger partial charge in [0.25, 0.3) is 0 Å². The molecule has 45 heavy (non-hydrogen) atoms. The fourth-order valence-electron chi connectivity index (χ4n) is 5.79. The van der Waals surface area contributed by atoms with Crippen LogP contribution in [0.4, 0.5) is 14.6 Å². The molecule has 1 aromatic carbocycles. The normalized spacial score (nSPS) is 15.1. The number of fused-ring (bicyclic) bond motifs is 1. The summed E-state index contributed by atoms with van der Waals surface area (Å²) in [5.41, 5.74) is 1.09. The largest absolute Gasteiger partial charge is 0.355 e. The van der Waals surface area contributed by atoms with Crippen LogP contribution in [0.3, 0.4) is 0 Å². The van der Waals surface area contributed by atoms with Crippen LogP contribution in [-0.2, 0) is 16.1 Å². The van der Waals surface area contributed by atoms with E-state index in [1.807, 2.05) is 32.6 Å². The number of piperazine rings is 1. The third-order valence-electron chi connectivity index (χ3n) is 7.98. The van der Waals surface area contributed by atoms with E-state index in [1.54, 1.807) is 23.2 Å². The second kappa shape index (κ2) is 12.5. The fraction of sp³-hybridized carbons (Fsp3) is 0.333. The highest BCUT2D eigenvalue weighted by Crippen LogP contribution is 2.35. The number of hydrogen-bond donors (Lipinski definition) is 1. The van der Waals surface area contributed by atoms with E-state index in [0.29, 0.717) is 36.6 Å². The Labute approximate surface area is 259 Å². The van der Waals surface area contributed by atoms with Crippen molar-refractivity contribution in [1.29, 1.82) is 0 Å². The molecule has 12 heteroatoms. The number of carbonyl (C=O) groups excluding carboxylic acids is 2. The molecule has 1 fully saturated rings. The summed E-state index contributed by atoms with van der Waals surface area (Å²) in [4.78, 5) is 55.2. The molecule has 234 valence electrons. The summed E-state index contributed by atoms with van der Waals surface area (Å²) in [7, 11) is 0. The summed E-state index contributed by atoms with van der Waals surface area (Å²) in [6, 6.07) is 6.95. The summed E-state index contributed by atoms with van der Waals surface area (Å²) in [5.74, 6) is -1.98. The maximum atomic E-state index is 16.2. The van der Waals surface area contributed by atoms with Gasteiger partial charge in [0.1, 0.15) is 23.1 Å². The quantitative estimate of drug-likeness (QED) is 0.307. The van der Waals surface area contributed by atoms with Crippen molar-refractivity contribution >= 4 is 28.7 Å². The first-order valence-corrected chi connectivity index (χ1v) is 14.7. The molecule has 0 aliphatic carbocycles. The number of carbonyl (C=O) groups is 2. The van der Waals surface area contributed by atoms with Crippen molar-refractivity contribution < 1.29 is 18.4 Å². The van der Waals surface area contributed by atoms with E-state index in [1.165, 1.54) is 35.8 Å². The highest BCUT2D eigenvalue weighted by atomic mass is 19.1. The molecule has 1 aliphatic heterocycles. The topological polar surface area (TPSA) is 113 Å². The minimum Gasteiger partial charge on any atom is -0.352 e. The van der Waals surface area contributed by atoms with Crippen molar-refractivity contribution in [2.75, 3.05) is 24.5 Å². The van der Waals surface area contributed by atoms with E-state index < -0.39 is 17.3 Å². The van der Waals surface area contributed by atoms with Crippen LogP contribution >= 0.6 is 0 Å². The molecule has 1 unspecified atom stereocenters. The van der Waals surface area contributed by atoms with E-state index in [9.17, 15) is 14.4 Å². The second-order valence-electron chi connectivity index (χ2n) is 11.5. The Morgan fingerprint density at radius 2 is 1.91 bits per heavy atom. The van der Waals surface area contributed by atoms with Gasteiger partial charge in [0, 0.05) is 50.9 Å². The van der Waals surface area contributed by atoms with Crippen LogP contribution in [0.25, 0.3) is 28.0 Å². The van der Waals surface area contributed by atoms with Crippen LogP contribution in [0.5, 0.6) is 0 Å². The predicted molar refractivity (Wildman–Crippen MR) is 168 cm³/mol. The van der Waals surface area contributed by atoms with Gasteiger partial charge in [-0.15, -0.1) is 0 Å². The first-order valence-electron chi connectivity index (χ1n) is 14.7. The van der Waals surface area contributed by atoms with Gasteiger partial charge in [-0.2, -0.15) is 4.98 Å². The molecule has 1 N–H and O–H groups in total. The van der Waals surface area contributed by atoms with Gasteiger partial charge in [-0.3, -0.25) is 14.6 Å². The minimum atomic E-state index is -0.829. The first-order chi connectivity index (χ1) is 21.4. The molecular weight excluding hydrogens is 580 g/mol. The van der Waals surface area contributed by atoms with Crippen LogP contribution in [0.1, 0.15) is 50.4 Å². The number of aryl methyl sites for hydroxylation is 1. The third kappa shape index (κ3) is 5.92. The Morgan fingerprint density at radius 3 is 2.58 bits per heavy atom. The summed E-state index contributed by atoms with van der Waals surface area (Å²) >= 11 is 0. The number of halogens is 2. The van der Waals surface area contributed by atoms with Gasteiger partial charge in [0.05, 0.1) is 16.8 Å². The monoisotopic (exact) mass is 615 g/mol. The van der Waals surface area contributed by atoms with Crippen molar-refractivity contribution in [3.05, 3.63) is 88.1 Å². The van der Waals surface area contributed by atoms with Crippen molar-refractivity contribution in [3.63, 3.8) is 0 Å². The minimum absolute atomic E-state index is 0.0551. The van der Waals surface area contributed by atoms with Gasteiger partial charge >= 0.3 is 5.69 Å². The SMILES string of the molecule is C=CC(=O)N1CCN(c2nc(=O)n(-c3c(C)ccnc3C(C)C)c3nc(-c4c(F)cccc4CNC(C)=O)c(F)cc23)C(C)C1. The number of aromatic nitrogens is 4. The molecule has 0 saturated carbocycles.